The van der Waals surface area contributed by atoms with Gasteiger partial charge in [-0.2, -0.15) is 4.57 Å². The molecule has 3 aliphatic heterocycles. The Bertz CT molecular complexity index is 786. The first kappa shape index (κ1) is 15.5. The molecule has 1 aliphatic carbocycles. The summed E-state index contributed by atoms with van der Waals surface area (Å²) in [4.78, 5) is 0. The van der Waals surface area contributed by atoms with Crippen LogP contribution in [0.4, 0.5) is 0 Å². The molecule has 1 fully saturated rings. The molecule has 1 aromatic heterocycles. The van der Waals surface area contributed by atoms with Crippen molar-refractivity contribution in [2.75, 3.05) is 0 Å². The fraction of sp³-hybridized carbons (Fsp3) is 0.500. The molecule has 2 bridgehead atoms. The molecule has 1 saturated heterocycles. The number of nitrogens with zero attached hydrogens (tertiary/aromatic N) is 1. The number of pyridine rings is 1. The zero-order valence-corrected chi connectivity index (χ0v) is 15.4. The molecule has 4 heterocycles. The second kappa shape index (κ2) is 4.93. The van der Waals surface area contributed by atoms with Crippen molar-refractivity contribution in [1.82, 2.24) is 0 Å². The number of benzene rings is 1. The lowest BCUT2D eigenvalue weighted by Gasteiger charge is -2.60. The van der Waals surface area contributed by atoms with Gasteiger partial charge in [0.2, 0.25) is 0 Å². The number of hydrogen-bond donors (Lipinski definition) is 0. The van der Waals surface area contributed by atoms with Gasteiger partial charge in [0.15, 0.2) is 23.7 Å². The topological polar surface area (TPSA) is 22.3 Å². The lowest BCUT2D eigenvalue weighted by atomic mass is 9.57. The van der Waals surface area contributed by atoms with Crippen molar-refractivity contribution in [3.8, 4) is 0 Å². The average Bonchev–Trinajstić information content (AvgIpc) is 2.57. The third-order valence-corrected chi connectivity index (χ3v) is 6.48. The van der Waals surface area contributed by atoms with E-state index in [-0.39, 0.29) is 29.6 Å². The summed E-state index contributed by atoms with van der Waals surface area (Å²) in [5.41, 5.74) is 3.89. The smallest absolute Gasteiger partial charge is 0.197 e. The lowest BCUT2D eigenvalue weighted by molar-refractivity contribution is -0.757. The lowest BCUT2D eigenvalue weighted by Crippen LogP contribution is -2.73. The Morgan fingerprint density at radius 2 is 1.56 bits per heavy atom. The van der Waals surface area contributed by atoms with Gasteiger partial charge in [0.25, 0.3) is 0 Å². The van der Waals surface area contributed by atoms with Gasteiger partial charge in [0.05, 0.1) is 17.6 Å². The van der Waals surface area contributed by atoms with Crippen LogP contribution in [0.1, 0.15) is 62.9 Å². The van der Waals surface area contributed by atoms with Gasteiger partial charge in [-0.3, -0.25) is 0 Å². The molecule has 6 rings (SSSR count). The normalized spacial score (nSPS) is 37.6. The third kappa shape index (κ3) is 1.81. The Kier molecular flexibility index (Phi) is 3.06. The van der Waals surface area contributed by atoms with Crippen molar-refractivity contribution in [3.05, 3.63) is 65.5 Å². The van der Waals surface area contributed by atoms with Crippen LogP contribution < -0.4 is 4.57 Å². The van der Waals surface area contributed by atoms with Crippen LogP contribution in [-0.4, -0.2) is 18.0 Å². The minimum atomic E-state index is -0.621. The first-order valence-electron chi connectivity index (χ1n) is 9.40. The Labute approximate surface area is 149 Å². The predicted octanol–water partition coefficient (Wildman–Crippen LogP) is 3.96. The van der Waals surface area contributed by atoms with Gasteiger partial charge in [0.1, 0.15) is 5.92 Å². The first-order chi connectivity index (χ1) is 12.0. The van der Waals surface area contributed by atoms with E-state index in [9.17, 15) is 0 Å². The van der Waals surface area contributed by atoms with Crippen molar-refractivity contribution in [1.29, 1.82) is 0 Å². The first-order valence-corrected chi connectivity index (χ1v) is 9.40. The number of rotatable bonds is 0. The van der Waals surface area contributed by atoms with Crippen LogP contribution in [0.2, 0.25) is 0 Å². The second-order valence-corrected chi connectivity index (χ2v) is 8.48. The molecular weight excluding hydrogens is 310 g/mol. The maximum atomic E-state index is 6.71. The summed E-state index contributed by atoms with van der Waals surface area (Å²) < 4.78 is 15.9. The molecule has 4 atom stereocenters. The average molecular weight is 336 g/mol. The summed E-state index contributed by atoms with van der Waals surface area (Å²) in [5, 5.41) is 0. The minimum Gasteiger partial charge on any atom is -0.345 e. The summed E-state index contributed by atoms with van der Waals surface area (Å²) in [5.74, 6) is -0.528. The van der Waals surface area contributed by atoms with E-state index < -0.39 is 5.79 Å². The van der Waals surface area contributed by atoms with Gasteiger partial charge >= 0.3 is 0 Å². The fourth-order valence-corrected chi connectivity index (χ4v) is 5.61. The van der Waals surface area contributed by atoms with Gasteiger partial charge in [-0.25, -0.2) is 0 Å². The summed E-state index contributed by atoms with van der Waals surface area (Å²) in [6, 6.07) is 15.5. The standard InChI is InChI=1S/C22H26NO2/c1-14-13-15(2)25-22(24-14)19-16-9-5-6-10-17(16)20(21(22,3)4)23-12-8-7-11-18(19)23/h5-12,14-15,19-20H,13H2,1-4H3/q+1/t14-,15-,19-,20-/m0/s1. The summed E-state index contributed by atoms with van der Waals surface area (Å²) in [6.45, 7) is 9.00. The third-order valence-electron chi connectivity index (χ3n) is 6.48. The van der Waals surface area contributed by atoms with E-state index in [1.165, 1.54) is 16.8 Å². The van der Waals surface area contributed by atoms with Crippen molar-refractivity contribution in [3.63, 3.8) is 0 Å². The van der Waals surface area contributed by atoms with Crippen LogP contribution in [0.3, 0.4) is 0 Å². The maximum absolute atomic E-state index is 6.71. The molecule has 0 unspecified atom stereocenters. The molecule has 2 aromatic rings. The van der Waals surface area contributed by atoms with Crippen molar-refractivity contribution in [2.24, 2.45) is 5.41 Å². The molecule has 3 heteroatoms. The second-order valence-electron chi connectivity index (χ2n) is 8.48. The molecule has 1 spiro atoms. The highest BCUT2D eigenvalue weighted by Crippen LogP contribution is 2.63. The van der Waals surface area contributed by atoms with Crippen molar-refractivity contribution < 1.29 is 14.0 Å². The molecule has 0 amide bonds. The predicted molar refractivity (Wildman–Crippen MR) is 95.3 cm³/mol. The van der Waals surface area contributed by atoms with Crippen LogP contribution in [0, 0.1) is 5.41 Å². The van der Waals surface area contributed by atoms with Gasteiger partial charge in [-0.1, -0.05) is 30.3 Å². The number of ether oxygens (including phenoxy) is 2. The molecule has 1 aromatic carbocycles. The van der Waals surface area contributed by atoms with E-state index in [4.69, 9.17) is 9.47 Å². The SMILES string of the molecule is C[C@H]1C[C@H](C)OC2(O1)[C@H]1c3ccccc3[C@H]([n+]3ccccc31)C2(C)C. The quantitative estimate of drug-likeness (QED) is 0.680. The fourth-order valence-electron chi connectivity index (χ4n) is 5.61. The van der Waals surface area contributed by atoms with Gasteiger partial charge in [-0.05, 0) is 39.7 Å². The summed E-state index contributed by atoms with van der Waals surface area (Å²) >= 11 is 0. The zero-order valence-electron chi connectivity index (χ0n) is 15.4. The monoisotopic (exact) mass is 336 g/mol. The minimum absolute atomic E-state index is 0.0927. The number of aromatic nitrogens is 1. The van der Waals surface area contributed by atoms with Crippen LogP contribution in [-0.2, 0) is 9.47 Å². The largest absolute Gasteiger partial charge is 0.345 e. The molecule has 25 heavy (non-hydrogen) atoms. The Hall–Kier alpha value is -1.71. The van der Waals surface area contributed by atoms with E-state index in [0.717, 1.165) is 6.42 Å². The maximum Gasteiger partial charge on any atom is 0.197 e. The highest BCUT2D eigenvalue weighted by Gasteiger charge is 2.72. The Morgan fingerprint density at radius 3 is 2.28 bits per heavy atom. The Morgan fingerprint density at radius 1 is 0.920 bits per heavy atom. The zero-order chi connectivity index (χ0) is 17.4. The van der Waals surface area contributed by atoms with E-state index in [1.54, 1.807) is 0 Å². The summed E-state index contributed by atoms with van der Waals surface area (Å²) in [7, 11) is 0. The molecule has 0 saturated carbocycles. The number of hydrogen-bond acceptors (Lipinski definition) is 2. The van der Waals surface area contributed by atoms with E-state index in [1.807, 2.05) is 0 Å². The van der Waals surface area contributed by atoms with Crippen LogP contribution in [0.15, 0.2) is 48.7 Å². The van der Waals surface area contributed by atoms with Crippen molar-refractivity contribution in [2.45, 2.75) is 64.1 Å². The van der Waals surface area contributed by atoms with Crippen LogP contribution >= 0.6 is 0 Å². The molecule has 4 aliphatic rings. The van der Waals surface area contributed by atoms with E-state index in [0.29, 0.717) is 0 Å². The highest BCUT2D eigenvalue weighted by atomic mass is 16.7. The highest BCUT2D eigenvalue weighted by molar-refractivity contribution is 5.46. The van der Waals surface area contributed by atoms with Gasteiger partial charge in [-0.15, -0.1) is 0 Å². The molecule has 0 radical (unpaired) electrons. The van der Waals surface area contributed by atoms with Crippen LogP contribution in [0.25, 0.3) is 0 Å². The molecule has 3 nitrogen and oxygen atoms in total. The van der Waals surface area contributed by atoms with E-state index >= 15 is 0 Å². The summed E-state index contributed by atoms with van der Waals surface area (Å²) in [6.07, 6.45) is 3.57. The Balaban J connectivity index is 1.84. The van der Waals surface area contributed by atoms with Gasteiger partial charge < -0.3 is 9.47 Å². The van der Waals surface area contributed by atoms with E-state index in [2.05, 4.69) is 80.9 Å². The molecule has 130 valence electrons. The molecular formula is C22H26NO2+. The van der Waals surface area contributed by atoms with Gasteiger partial charge in [0, 0.05) is 17.7 Å². The van der Waals surface area contributed by atoms with Crippen molar-refractivity contribution >= 4 is 0 Å². The molecule has 0 N–H and O–H groups in total. The van der Waals surface area contributed by atoms with Crippen LogP contribution in [0.5, 0.6) is 0 Å².